The number of halogens is 1. The van der Waals surface area contributed by atoms with E-state index < -0.39 is 0 Å². The van der Waals surface area contributed by atoms with Crippen molar-refractivity contribution < 1.29 is 4.79 Å². The number of rotatable bonds is 4. The summed E-state index contributed by atoms with van der Waals surface area (Å²) in [6.07, 6.45) is 4.19. The van der Waals surface area contributed by atoms with Gasteiger partial charge in [-0.2, -0.15) is 0 Å². The van der Waals surface area contributed by atoms with Gasteiger partial charge in [0.25, 0.3) is 0 Å². The maximum atomic E-state index is 12.9. The zero-order chi connectivity index (χ0) is 17.9. The van der Waals surface area contributed by atoms with Gasteiger partial charge in [-0.15, -0.1) is 0 Å². The van der Waals surface area contributed by atoms with Crippen LogP contribution in [0.2, 0.25) is 5.02 Å². The van der Waals surface area contributed by atoms with E-state index in [2.05, 4.69) is 35.2 Å². The second-order valence-electron chi connectivity index (χ2n) is 7.40. The number of likely N-dealkylation sites (tertiary alicyclic amines) is 1. The molecule has 0 spiro atoms. The largest absolute Gasteiger partial charge is 0.337 e. The van der Waals surface area contributed by atoms with Gasteiger partial charge < -0.3 is 4.90 Å². The molecule has 2 aromatic rings. The molecular formula is C22H25ClN2O. The zero-order valence-corrected chi connectivity index (χ0v) is 15.8. The standard InChI is InChI=1S/C22H25ClN2O/c23-21-10-4-3-7-18(21)14-20-9-5-12-24(20)16-22(26)25-13-11-17-6-1-2-8-19(17)15-25/h1-4,6-8,10,20H,5,9,11-16H2/t20-/m1/s1. The Hall–Kier alpha value is -1.84. The summed E-state index contributed by atoms with van der Waals surface area (Å²) in [4.78, 5) is 17.3. The van der Waals surface area contributed by atoms with Gasteiger partial charge in [0.2, 0.25) is 5.91 Å². The van der Waals surface area contributed by atoms with Crippen molar-refractivity contribution in [2.45, 2.75) is 38.3 Å². The quantitative estimate of drug-likeness (QED) is 0.816. The fourth-order valence-electron chi connectivity index (χ4n) is 4.23. The van der Waals surface area contributed by atoms with Crippen LogP contribution < -0.4 is 0 Å². The number of carbonyl (C=O) groups excluding carboxylic acids is 1. The lowest BCUT2D eigenvalue weighted by Gasteiger charge is -2.32. The predicted molar refractivity (Wildman–Crippen MR) is 105 cm³/mol. The first-order valence-electron chi connectivity index (χ1n) is 9.53. The Morgan fingerprint density at radius 3 is 2.65 bits per heavy atom. The van der Waals surface area contributed by atoms with Crippen molar-refractivity contribution in [2.75, 3.05) is 19.6 Å². The minimum Gasteiger partial charge on any atom is -0.337 e. The van der Waals surface area contributed by atoms with Crippen molar-refractivity contribution >= 4 is 17.5 Å². The van der Waals surface area contributed by atoms with E-state index in [1.807, 2.05) is 23.1 Å². The summed E-state index contributed by atoms with van der Waals surface area (Å²) >= 11 is 6.33. The fourth-order valence-corrected chi connectivity index (χ4v) is 4.45. The molecule has 26 heavy (non-hydrogen) atoms. The molecule has 1 saturated heterocycles. The van der Waals surface area contributed by atoms with Crippen LogP contribution >= 0.6 is 11.6 Å². The summed E-state index contributed by atoms with van der Waals surface area (Å²) in [7, 11) is 0. The Bertz CT molecular complexity index is 791. The van der Waals surface area contributed by atoms with E-state index in [-0.39, 0.29) is 5.91 Å². The molecule has 2 aliphatic rings. The molecule has 0 aromatic heterocycles. The highest BCUT2D eigenvalue weighted by molar-refractivity contribution is 6.31. The molecule has 2 aliphatic heterocycles. The molecule has 0 bridgehead atoms. The summed E-state index contributed by atoms with van der Waals surface area (Å²) in [6, 6.07) is 16.9. The second-order valence-corrected chi connectivity index (χ2v) is 7.80. The van der Waals surface area contributed by atoms with Crippen molar-refractivity contribution in [1.82, 2.24) is 9.80 Å². The highest BCUT2D eigenvalue weighted by Gasteiger charge is 2.29. The molecule has 0 unspecified atom stereocenters. The van der Waals surface area contributed by atoms with Gasteiger partial charge in [-0.1, -0.05) is 54.1 Å². The predicted octanol–water partition coefficient (Wildman–Crippen LogP) is 3.93. The van der Waals surface area contributed by atoms with Crippen molar-refractivity contribution in [3.05, 3.63) is 70.2 Å². The normalized spacial score (nSPS) is 20.2. The zero-order valence-electron chi connectivity index (χ0n) is 15.0. The van der Waals surface area contributed by atoms with Crippen LogP contribution in [-0.2, 0) is 24.2 Å². The van der Waals surface area contributed by atoms with Crippen molar-refractivity contribution in [1.29, 1.82) is 0 Å². The Morgan fingerprint density at radius 2 is 1.81 bits per heavy atom. The maximum absolute atomic E-state index is 12.9. The number of nitrogens with zero attached hydrogens (tertiary/aromatic N) is 2. The minimum absolute atomic E-state index is 0.255. The number of benzene rings is 2. The third-order valence-electron chi connectivity index (χ3n) is 5.73. The Balaban J connectivity index is 1.39. The molecule has 136 valence electrons. The van der Waals surface area contributed by atoms with Crippen LogP contribution in [0.4, 0.5) is 0 Å². The lowest BCUT2D eigenvalue weighted by molar-refractivity contribution is -0.133. The molecule has 3 nitrogen and oxygen atoms in total. The smallest absolute Gasteiger partial charge is 0.237 e. The van der Waals surface area contributed by atoms with Crippen LogP contribution in [0.25, 0.3) is 0 Å². The number of fused-ring (bicyclic) bond motifs is 1. The number of hydrogen-bond acceptors (Lipinski definition) is 2. The number of hydrogen-bond donors (Lipinski definition) is 0. The summed E-state index contributed by atoms with van der Waals surface area (Å²) in [5, 5.41) is 0.832. The molecule has 1 atom stereocenters. The van der Waals surface area contributed by atoms with E-state index in [4.69, 9.17) is 11.6 Å². The average Bonchev–Trinajstić information content (AvgIpc) is 3.10. The Labute approximate surface area is 160 Å². The molecule has 4 rings (SSSR count). The first-order valence-corrected chi connectivity index (χ1v) is 9.90. The van der Waals surface area contributed by atoms with Crippen LogP contribution in [0.1, 0.15) is 29.5 Å². The maximum Gasteiger partial charge on any atom is 0.237 e. The molecule has 0 saturated carbocycles. The number of carbonyl (C=O) groups is 1. The molecule has 4 heteroatoms. The van der Waals surface area contributed by atoms with E-state index in [1.165, 1.54) is 16.7 Å². The molecular weight excluding hydrogens is 344 g/mol. The molecule has 1 fully saturated rings. The molecule has 1 amide bonds. The van der Waals surface area contributed by atoms with Gasteiger partial charge in [-0.3, -0.25) is 9.69 Å². The summed E-state index contributed by atoms with van der Waals surface area (Å²) in [6.45, 7) is 3.11. The van der Waals surface area contributed by atoms with Gasteiger partial charge in [-0.25, -0.2) is 0 Å². The van der Waals surface area contributed by atoms with E-state index in [1.54, 1.807) is 0 Å². The topological polar surface area (TPSA) is 23.6 Å². The van der Waals surface area contributed by atoms with Gasteiger partial charge in [0.15, 0.2) is 0 Å². The Kier molecular flexibility index (Phi) is 5.28. The lowest BCUT2D eigenvalue weighted by Crippen LogP contribution is -2.44. The highest BCUT2D eigenvalue weighted by Crippen LogP contribution is 2.25. The van der Waals surface area contributed by atoms with Crippen molar-refractivity contribution in [2.24, 2.45) is 0 Å². The third-order valence-corrected chi connectivity index (χ3v) is 6.10. The molecule has 0 aliphatic carbocycles. The molecule has 2 heterocycles. The monoisotopic (exact) mass is 368 g/mol. The Morgan fingerprint density at radius 1 is 1.04 bits per heavy atom. The van der Waals surface area contributed by atoms with E-state index >= 15 is 0 Å². The number of amides is 1. The molecule has 2 aromatic carbocycles. The third kappa shape index (κ3) is 3.79. The van der Waals surface area contributed by atoms with Crippen LogP contribution in [0.15, 0.2) is 48.5 Å². The van der Waals surface area contributed by atoms with E-state index in [0.717, 1.165) is 50.3 Å². The minimum atomic E-state index is 0.255. The molecule has 0 radical (unpaired) electrons. The van der Waals surface area contributed by atoms with Crippen LogP contribution in [0, 0.1) is 0 Å². The summed E-state index contributed by atoms with van der Waals surface area (Å²) in [5.74, 6) is 0.255. The van der Waals surface area contributed by atoms with E-state index in [9.17, 15) is 4.79 Å². The van der Waals surface area contributed by atoms with Crippen LogP contribution in [0.3, 0.4) is 0 Å². The van der Waals surface area contributed by atoms with Gasteiger partial charge in [0, 0.05) is 24.2 Å². The summed E-state index contributed by atoms with van der Waals surface area (Å²) in [5.41, 5.74) is 3.86. The first-order chi connectivity index (χ1) is 12.7. The SMILES string of the molecule is O=C(CN1CCC[C@@H]1Cc1ccccc1Cl)N1CCc2ccccc2C1. The molecule has 0 N–H and O–H groups in total. The highest BCUT2D eigenvalue weighted by atomic mass is 35.5. The average molecular weight is 369 g/mol. The fraction of sp³-hybridized carbons (Fsp3) is 0.409. The second kappa shape index (κ2) is 7.81. The first kappa shape index (κ1) is 17.6. The van der Waals surface area contributed by atoms with Gasteiger partial charge >= 0.3 is 0 Å². The van der Waals surface area contributed by atoms with Crippen molar-refractivity contribution in [3.63, 3.8) is 0 Å². The van der Waals surface area contributed by atoms with Crippen LogP contribution in [0.5, 0.6) is 0 Å². The lowest BCUT2D eigenvalue weighted by atomic mass is 10.00. The van der Waals surface area contributed by atoms with Gasteiger partial charge in [-0.05, 0) is 55.0 Å². The van der Waals surface area contributed by atoms with Gasteiger partial charge in [0.05, 0.1) is 6.54 Å². The van der Waals surface area contributed by atoms with Crippen LogP contribution in [-0.4, -0.2) is 41.4 Å². The van der Waals surface area contributed by atoms with E-state index in [0.29, 0.717) is 12.6 Å². The van der Waals surface area contributed by atoms with Crippen molar-refractivity contribution in [3.8, 4) is 0 Å². The summed E-state index contributed by atoms with van der Waals surface area (Å²) < 4.78 is 0. The van der Waals surface area contributed by atoms with Gasteiger partial charge in [0.1, 0.15) is 0 Å².